The van der Waals surface area contributed by atoms with E-state index in [1.165, 1.54) is 6.08 Å². The number of nitriles is 1. The van der Waals surface area contributed by atoms with Crippen molar-refractivity contribution in [2.45, 2.75) is 6.54 Å². The summed E-state index contributed by atoms with van der Waals surface area (Å²) in [6, 6.07) is 19.9. The van der Waals surface area contributed by atoms with Crippen molar-refractivity contribution >= 4 is 35.2 Å². The first-order valence-electron chi connectivity index (χ1n) is 8.06. The van der Waals surface area contributed by atoms with Gasteiger partial charge in [0.2, 0.25) is 0 Å². The molecule has 4 nitrogen and oxygen atoms in total. The predicted octanol–water partition coefficient (Wildman–Crippen LogP) is 5.48. The van der Waals surface area contributed by atoms with Crippen LogP contribution in [0.3, 0.4) is 0 Å². The fourth-order valence-corrected chi connectivity index (χ4v) is 2.83. The maximum atomic E-state index is 12.2. The van der Waals surface area contributed by atoms with Crippen LogP contribution in [0, 0.1) is 11.3 Å². The van der Waals surface area contributed by atoms with Gasteiger partial charge in [0.05, 0.1) is 10.0 Å². The minimum atomic E-state index is -0.472. The van der Waals surface area contributed by atoms with Crippen molar-refractivity contribution in [1.82, 2.24) is 5.32 Å². The summed E-state index contributed by atoms with van der Waals surface area (Å²) in [4.78, 5) is 12.2. The van der Waals surface area contributed by atoms with Crippen LogP contribution in [0.4, 0.5) is 0 Å². The molecule has 2 aromatic carbocycles. The molecule has 0 spiro atoms. The number of hydrogen-bond acceptors (Lipinski definition) is 3. The summed E-state index contributed by atoms with van der Waals surface area (Å²) in [5.41, 5.74) is 1.53. The third-order valence-corrected chi connectivity index (χ3v) is 4.61. The molecule has 0 saturated carbocycles. The molecule has 0 unspecified atom stereocenters. The molecule has 0 radical (unpaired) electrons. The van der Waals surface area contributed by atoms with Gasteiger partial charge in [0.15, 0.2) is 0 Å². The molecule has 0 fully saturated rings. The first kappa shape index (κ1) is 18.8. The summed E-state index contributed by atoms with van der Waals surface area (Å²) in [6.45, 7) is 0.334. The zero-order valence-corrected chi connectivity index (χ0v) is 15.6. The zero-order chi connectivity index (χ0) is 19.2. The Morgan fingerprint density at radius 3 is 2.59 bits per heavy atom. The molecule has 0 atom stereocenters. The van der Waals surface area contributed by atoms with Crippen molar-refractivity contribution in [3.8, 4) is 17.4 Å². The monoisotopic (exact) mass is 396 g/mol. The lowest BCUT2D eigenvalue weighted by atomic mass is 10.2. The molecule has 6 heteroatoms. The predicted molar refractivity (Wildman–Crippen MR) is 106 cm³/mol. The maximum Gasteiger partial charge on any atom is 0.262 e. The number of carbonyl (C=O) groups is 1. The van der Waals surface area contributed by atoms with Crippen molar-refractivity contribution in [2.75, 3.05) is 0 Å². The molecule has 1 amide bonds. The van der Waals surface area contributed by atoms with Gasteiger partial charge in [-0.05, 0) is 29.8 Å². The van der Waals surface area contributed by atoms with E-state index < -0.39 is 5.91 Å². The second kappa shape index (κ2) is 8.59. The Labute approximate surface area is 166 Å². The Bertz CT molecular complexity index is 1030. The molecule has 1 heterocycles. The Morgan fingerprint density at radius 1 is 1.07 bits per heavy atom. The van der Waals surface area contributed by atoms with Gasteiger partial charge in [-0.1, -0.05) is 59.6 Å². The van der Waals surface area contributed by atoms with Gasteiger partial charge in [-0.15, -0.1) is 0 Å². The topological polar surface area (TPSA) is 66.0 Å². The molecule has 0 bridgehead atoms. The van der Waals surface area contributed by atoms with Gasteiger partial charge in [0.1, 0.15) is 23.2 Å². The number of amides is 1. The summed E-state index contributed by atoms with van der Waals surface area (Å²) in [5, 5.41) is 12.8. The van der Waals surface area contributed by atoms with Crippen LogP contribution in [-0.4, -0.2) is 5.91 Å². The van der Waals surface area contributed by atoms with E-state index in [2.05, 4.69) is 5.32 Å². The fourth-order valence-electron chi connectivity index (χ4n) is 2.43. The van der Waals surface area contributed by atoms with E-state index in [1.54, 1.807) is 30.3 Å². The summed E-state index contributed by atoms with van der Waals surface area (Å²) in [5.74, 6) is 0.392. The molecule has 1 aromatic heterocycles. The Morgan fingerprint density at radius 2 is 1.85 bits per heavy atom. The minimum absolute atomic E-state index is 0.0518. The number of furan rings is 1. The Kier molecular flexibility index (Phi) is 5.97. The van der Waals surface area contributed by atoms with Gasteiger partial charge >= 0.3 is 0 Å². The van der Waals surface area contributed by atoms with Gasteiger partial charge in [0.25, 0.3) is 5.91 Å². The molecule has 134 valence electrons. The lowest BCUT2D eigenvalue weighted by Crippen LogP contribution is -2.23. The second-order valence-corrected chi connectivity index (χ2v) is 6.43. The van der Waals surface area contributed by atoms with Gasteiger partial charge in [-0.3, -0.25) is 4.79 Å². The largest absolute Gasteiger partial charge is 0.457 e. The number of benzene rings is 2. The Balaban J connectivity index is 1.76. The first-order chi connectivity index (χ1) is 13.1. The molecule has 0 aliphatic rings. The molecule has 0 aliphatic heterocycles. The summed E-state index contributed by atoms with van der Waals surface area (Å²) in [6.07, 6.45) is 1.39. The normalized spacial score (nSPS) is 11.1. The summed E-state index contributed by atoms with van der Waals surface area (Å²) >= 11 is 12.2. The highest BCUT2D eigenvalue weighted by molar-refractivity contribution is 6.43. The van der Waals surface area contributed by atoms with Crippen LogP contribution in [0.15, 0.2) is 70.7 Å². The van der Waals surface area contributed by atoms with Gasteiger partial charge in [0, 0.05) is 18.2 Å². The summed E-state index contributed by atoms with van der Waals surface area (Å²) in [7, 11) is 0. The Hall–Kier alpha value is -3.00. The maximum absolute atomic E-state index is 12.2. The van der Waals surface area contributed by atoms with Crippen LogP contribution in [0.5, 0.6) is 0 Å². The molecule has 0 aliphatic carbocycles. The third-order valence-electron chi connectivity index (χ3n) is 3.79. The van der Waals surface area contributed by atoms with Gasteiger partial charge in [-0.2, -0.15) is 5.26 Å². The van der Waals surface area contributed by atoms with Crippen molar-refractivity contribution in [3.63, 3.8) is 0 Å². The lowest BCUT2D eigenvalue weighted by Gasteiger charge is -2.04. The number of rotatable bonds is 5. The van der Waals surface area contributed by atoms with Gasteiger partial charge < -0.3 is 9.73 Å². The third kappa shape index (κ3) is 4.59. The molecular weight excluding hydrogens is 383 g/mol. The fraction of sp³-hybridized carbons (Fsp3) is 0.0476. The van der Waals surface area contributed by atoms with Crippen molar-refractivity contribution in [2.24, 2.45) is 0 Å². The van der Waals surface area contributed by atoms with E-state index in [1.807, 2.05) is 36.4 Å². The van der Waals surface area contributed by atoms with E-state index in [4.69, 9.17) is 27.6 Å². The van der Waals surface area contributed by atoms with Crippen LogP contribution in [0.1, 0.15) is 11.3 Å². The zero-order valence-electron chi connectivity index (χ0n) is 14.1. The van der Waals surface area contributed by atoms with Gasteiger partial charge in [-0.25, -0.2) is 0 Å². The van der Waals surface area contributed by atoms with Crippen LogP contribution < -0.4 is 5.32 Å². The van der Waals surface area contributed by atoms with Crippen LogP contribution in [0.2, 0.25) is 10.0 Å². The number of carbonyl (C=O) groups excluding carboxylic acids is 1. The highest BCUT2D eigenvalue weighted by atomic mass is 35.5. The summed E-state index contributed by atoms with van der Waals surface area (Å²) < 4.78 is 5.70. The number of halogens is 2. The van der Waals surface area contributed by atoms with Crippen molar-refractivity contribution < 1.29 is 9.21 Å². The second-order valence-electron chi connectivity index (χ2n) is 5.64. The molecule has 3 aromatic rings. The van der Waals surface area contributed by atoms with Crippen LogP contribution in [-0.2, 0) is 11.3 Å². The van der Waals surface area contributed by atoms with Crippen molar-refractivity contribution in [1.29, 1.82) is 5.26 Å². The molecule has 0 saturated heterocycles. The van der Waals surface area contributed by atoms with Crippen LogP contribution >= 0.6 is 23.2 Å². The first-order valence-corrected chi connectivity index (χ1v) is 8.82. The van der Waals surface area contributed by atoms with E-state index in [-0.39, 0.29) is 5.57 Å². The number of nitrogens with zero attached hydrogens (tertiary/aromatic N) is 1. The minimum Gasteiger partial charge on any atom is -0.457 e. The quantitative estimate of drug-likeness (QED) is 0.458. The number of nitrogens with one attached hydrogen (secondary N) is 1. The smallest absolute Gasteiger partial charge is 0.262 e. The molecule has 27 heavy (non-hydrogen) atoms. The number of hydrogen-bond donors (Lipinski definition) is 1. The van der Waals surface area contributed by atoms with Crippen LogP contribution in [0.25, 0.3) is 17.4 Å². The lowest BCUT2D eigenvalue weighted by molar-refractivity contribution is -0.117. The van der Waals surface area contributed by atoms with E-state index >= 15 is 0 Å². The average molecular weight is 397 g/mol. The van der Waals surface area contributed by atoms with E-state index in [9.17, 15) is 10.1 Å². The molecular formula is C21H14Cl2N2O2. The van der Waals surface area contributed by atoms with E-state index in [0.717, 1.165) is 5.56 Å². The highest BCUT2D eigenvalue weighted by Gasteiger charge is 2.13. The molecule has 1 N–H and O–H groups in total. The average Bonchev–Trinajstić information content (AvgIpc) is 3.15. The van der Waals surface area contributed by atoms with E-state index in [0.29, 0.717) is 33.7 Å². The van der Waals surface area contributed by atoms with Crippen molar-refractivity contribution in [3.05, 3.63) is 87.6 Å². The highest BCUT2D eigenvalue weighted by Crippen LogP contribution is 2.34. The SMILES string of the molecule is N#CC(=Cc1ccc(-c2cccc(Cl)c2Cl)o1)C(=O)NCc1ccccc1. The standard InChI is InChI=1S/C21H14Cl2N2O2/c22-18-8-4-7-17(20(18)23)19-10-9-16(27-19)11-15(12-24)21(26)25-13-14-5-2-1-3-6-14/h1-11H,13H2,(H,25,26). The molecule has 3 rings (SSSR count).